The Morgan fingerprint density at radius 3 is 2.58 bits per heavy atom. The van der Waals surface area contributed by atoms with Crippen molar-refractivity contribution in [3.63, 3.8) is 0 Å². The predicted molar refractivity (Wildman–Crippen MR) is 125 cm³/mol. The van der Waals surface area contributed by atoms with Crippen LogP contribution < -0.4 is 11.1 Å². The molecule has 160 valence electrons. The molecule has 31 heavy (non-hydrogen) atoms. The van der Waals surface area contributed by atoms with Gasteiger partial charge in [-0.2, -0.15) is 5.10 Å². The van der Waals surface area contributed by atoms with Gasteiger partial charge in [0.2, 0.25) is 0 Å². The number of nitrogens with two attached hydrogens (primary N) is 1. The van der Waals surface area contributed by atoms with Crippen molar-refractivity contribution in [1.29, 1.82) is 0 Å². The van der Waals surface area contributed by atoms with E-state index < -0.39 is 23.9 Å². The number of aromatic nitrogens is 3. The third-order valence-corrected chi connectivity index (χ3v) is 7.40. The van der Waals surface area contributed by atoms with E-state index in [1.54, 1.807) is 13.1 Å². The summed E-state index contributed by atoms with van der Waals surface area (Å²) in [6.45, 7) is 1.90. The Balaban J connectivity index is 1.98. The van der Waals surface area contributed by atoms with Gasteiger partial charge in [-0.1, -0.05) is 0 Å². The van der Waals surface area contributed by atoms with Crippen molar-refractivity contribution in [2.75, 3.05) is 5.32 Å². The topological polar surface area (TPSA) is 103 Å². The maximum Gasteiger partial charge on any atom is 0.280 e. The molecule has 4 rings (SSSR count). The first-order valence-corrected chi connectivity index (χ1v) is 11.5. The minimum Gasteiger partial charge on any atom is -0.365 e. The number of carbonyl (C=O) groups excluding carboxylic acids is 2. The van der Waals surface area contributed by atoms with Crippen LogP contribution in [0, 0.1) is 10.5 Å². The molecular weight excluding hydrogens is 559 g/mol. The number of fused-ring (bicyclic) bond motifs is 1. The molecule has 0 aromatic carbocycles. The van der Waals surface area contributed by atoms with Crippen molar-refractivity contribution in [2.24, 2.45) is 12.8 Å². The number of rotatable bonds is 5. The Labute approximate surface area is 196 Å². The highest BCUT2D eigenvalue weighted by Gasteiger charge is 2.26. The van der Waals surface area contributed by atoms with Gasteiger partial charge in [-0.25, -0.2) is 13.8 Å². The van der Waals surface area contributed by atoms with E-state index in [1.807, 2.05) is 35.6 Å². The Hall–Kier alpha value is -2.45. The van der Waals surface area contributed by atoms with Crippen molar-refractivity contribution in [1.82, 2.24) is 14.8 Å². The van der Waals surface area contributed by atoms with Crippen LogP contribution in [0.3, 0.4) is 0 Å². The van der Waals surface area contributed by atoms with Crippen LogP contribution in [0.1, 0.15) is 37.2 Å². The summed E-state index contributed by atoms with van der Waals surface area (Å²) in [6, 6.07) is 4.96. The lowest BCUT2D eigenvalue weighted by atomic mass is 10.1. The minimum atomic E-state index is -2.79. The lowest BCUT2D eigenvalue weighted by Gasteiger charge is -2.10. The smallest absolute Gasteiger partial charge is 0.280 e. The lowest BCUT2D eigenvalue weighted by molar-refractivity contribution is 0.100. The van der Waals surface area contributed by atoms with E-state index in [0.717, 1.165) is 16.2 Å². The van der Waals surface area contributed by atoms with E-state index in [-0.39, 0.29) is 15.4 Å². The van der Waals surface area contributed by atoms with Crippen molar-refractivity contribution in [3.8, 4) is 10.4 Å². The number of aryl methyl sites for hydroxylation is 2. The first-order chi connectivity index (χ1) is 14.7. The third kappa shape index (κ3) is 3.94. The summed E-state index contributed by atoms with van der Waals surface area (Å²) < 4.78 is 29.1. The van der Waals surface area contributed by atoms with Gasteiger partial charge in [-0.15, -0.1) is 22.7 Å². The monoisotopic (exact) mass is 573 g/mol. The van der Waals surface area contributed by atoms with E-state index in [4.69, 9.17) is 5.73 Å². The fourth-order valence-corrected chi connectivity index (χ4v) is 5.76. The molecule has 0 aliphatic carbocycles. The summed E-state index contributed by atoms with van der Waals surface area (Å²) in [5.74, 6) is -1.29. The number of nitrogens with one attached hydrogen (secondary N) is 1. The standard InChI is InChI=1S/C19H14F2IN5O2S2/c1-7-3-4-11(30-7)8-5-10(16(20)21)25-19-12(8)13(15(31-19)17(23)28)26-18(29)14-9(22)6-24-27(14)2/h3-6,16H,1-2H3,(H2,23,28)(H,26,29). The molecule has 12 heteroatoms. The number of thiophene rings is 2. The van der Waals surface area contributed by atoms with Crippen LogP contribution in [-0.2, 0) is 7.05 Å². The maximum absolute atomic E-state index is 13.5. The molecule has 0 radical (unpaired) electrons. The summed E-state index contributed by atoms with van der Waals surface area (Å²) in [5, 5.41) is 7.20. The molecule has 4 heterocycles. The van der Waals surface area contributed by atoms with Crippen LogP contribution in [0.15, 0.2) is 24.4 Å². The number of hydrogen-bond donors (Lipinski definition) is 2. The molecule has 7 nitrogen and oxygen atoms in total. The zero-order valence-electron chi connectivity index (χ0n) is 16.1. The van der Waals surface area contributed by atoms with Gasteiger partial charge < -0.3 is 11.1 Å². The van der Waals surface area contributed by atoms with Gasteiger partial charge >= 0.3 is 0 Å². The zero-order valence-corrected chi connectivity index (χ0v) is 19.9. The summed E-state index contributed by atoms with van der Waals surface area (Å²) in [5.41, 5.74) is 6.04. The zero-order chi connectivity index (χ0) is 22.4. The van der Waals surface area contributed by atoms with E-state index in [9.17, 15) is 18.4 Å². The molecule has 0 spiro atoms. The molecule has 0 saturated heterocycles. The fourth-order valence-electron chi connectivity index (χ4n) is 3.13. The number of anilines is 1. The van der Waals surface area contributed by atoms with Crippen molar-refractivity contribution in [2.45, 2.75) is 13.3 Å². The van der Waals surface area contributed by atoms with E-state index >= 15 is 0 Å². The second-order valence-corrected chi connectivity index (χ2v) is 10.0. The highest BCUT2D eigenvalue weighted by molar-refractivity contribution is 14.1. The van der Waals surface area contributed by atoms with Crippen LogP contribution >= 0.6 is 45.3 Å². The highest BCUT2D eigenvalue weighted by atomic mass is 127. The summed E-state index contributed by atoms with van der Waals surface area (Å²) >= 11 is 4.27. The predicted octanol–water partition coefficient (Wildman–Crippen LogP) is 4.96. The van der Waals surface area contributed by atoms with E-state index in [0.29, 0.717) is 25.1 Å². The first-order valence-electron chi connectivity index (χ1n) is 8.78. The molecular formula is C19H14F2IN5O2S2. The second kappa shape index (κ2) is 8.24. The molecule has 3 N–H and O–H groups in total. The second-order valence-electron chi connectivity index (χ2n) is 6.58. The molecule has 0 fully saturated rings. The number of pyridine rings is 1. The van der Waals surface area contributed by atoms with E-state index in [2.05, 4.69) is 15.4 Å². The van der Waals surface area contributed by atoms with Gasteiger partial charge in [0, 0.05) is 27.8 Å². The Morgan fingerprint density at radius 2 is 2.03 bits per heavy atom. The highest BCUT2D eigenvalue weighted by Crippen LogP contribution is 2.44. The quantitative estimate of drug-likeness (QED) is 0.330. The summed E-state index contributed by atoms with van der Waals surface area (Å²) in [7, 11) is 1.62. The van der Waals surface area contributed by atoms with Crippen LogP contribution in [0.25, 0.3) is 20.7 Å². The van der Waals surface area contributed by atoms with Crippen molar-refractivity contribution >= 4 is 73.0 Å². The average Bonchev–Trinajstić information content (AvgIpc) is 3.38. The number of primary amides is 1. The van der Waals surface area contributed by atoms with Gasteiger partial charge in [0.05, 0.1) is 15.5 Å². The lowest BCUT2D eigenvalue weighted by Crippen LogP contribution is -2.20. The SMILES string of the molecule is Cc1ccc(-c2cc(C(F)F)nc3sc(C(N)=O)c(NC(=O)c4c(I)cnn4C)c23)s1. The molecule has 2 amide bonds. The third-order valence-electron chi connectivity index (χ3n) is 4.48. The molecule has 0 bridgehead atoms. The van der Waals surface area contributed by atoms with Crippen LogP contribution in [-0.4, -0.2) is 26.6 Å². The van der Waals surface area contributed by atoms with Crippen LogP contribution in [0.2, 0.25) is 0 Å². The number of alkyl halides is 2. The molecule has 0 aliphatic heterocycles. The molecule has 0 unspecified atom stereocenters. The number of carbonyl (C=O) groups is 2. The van der Waals surface area contributed by atoms with Crippen molar-refractivity contribution in [3.05, 3.63) is 49.1 Å². The largest absolute Gasteiger partial charge is 0.365 e. The van der Waals surface area contributed by atoms with E-state index in [1.165, 1.54) is 28.3 Å². The molecule has 4 aromatic rings. The van der Waals surface area contributed by atoms with Crippen LogP contribution in [0.5, 0.6) is 0 Å². The van der Waals surface area contributed by atoms with Gasteiger partial charge in [0.25, 0.3) is 18.2 Å². The summed E-state index contributed by atoms with van der Waals surface area (Å²) in [6.07, 6.45) is -1.26. The Bertz CT molecular complexity index is 1330. The number of hydrogen-bond acceptors (Lipinski definition) is 6. The minimum absolute atomic E-state index is 0.0361. The molecule has 4 aromatic heterocycles. The molecule has 0 aliphatic rings. The number of amides is 2. The molecule has 0 atom stereocenters. The first kappa shape index (κ1) is 21.8. The maximum atomic E-state index is 13.5. The van der Waals surface area contributed by atoms with Gasteiger partial charge in [0.1, 0.15) is 21.1 Å². The fraction of sp³-hybridized carbons (Fsp3) is 0.158. The van der Waals surface area contributed by atoms with Gasteiger partial charge in [0.15, 0.2) is 0 Å². The number of halogens is 3. The van der Waals surface area contributed by atoms with Crippen molar-refractivity contribution < 1.29 is 18.4 Å². The Morgan fingerprint density at radius 1 is 1.29 bits per heavy atom. The number of nitrogens with zero attached hydrogens (tertiary/aromatic N) is 3. The molecule has 0 saturated carbocycles. The van der Waals surface area contributed by atoms with Gasteiger partial charge in [-0.3, -0.25) is 14.3 Å². The Kier molecular flexibility index (Phi) is 5.79. The normalized spacial score (nSPS) is 11.4. The van der Waals surface area contributed by atoms with Gasteiger partial charge in [-0.05, 0) is 47.7 Å². The van der Waals surface area contributed by atoms with Crippen LogP contribution in [0.4, 0.5) is 14.5 Å². The summed E-state index contributed by atoms with van der Waals surface area (Å²) in [4.78, 5) is 31.1. The average molecular weight is 573 g/mol.